The zero-order valence-electron chi connectivity index (χ0n) is 24.1. The number of hydrogen-bond acceptors (Lipinski definition) is 6. The minimum Gasteiger partial charge on any atom is -0.366 e. The second kappa shape index (κ2) is 12.2. The van der Waals surface area contributed by atoms with Crippen LogP contribution in [0, 0.1) is 12.8 Å². The summed E-state index contributed by atoms with van der Waals surface area (Å²) in [5.41, 5.74) is 3.31. The van der Waals surface area contributed by atoms with E-state index < -0.39 is 0 Å². The van der Waals surface area contributed by atoms with E-state index in [1.807, 2.05) is 28.7 Å². The fraction of sp³-hybridized carbons (Fsp3) is 0.484. The highest BCUT2D eigenvalue weighted by Crippen LogP contribution is 2.22. The quantitative estimate of drug-likeness (QED) is 0.307. The molecule has 0 spiro atoms. The Labute approximate surface area is 235 Å². The van der Waals surface area contributed by atoms with Crippen LogP contribution >= 0.6 is 0 Å². The van der Waals surface area contributed by atoms with Gasteiger partial charge in [-0.25, -0.2) is 0 Å². The van der Waals surface area contributed by atoms with E-state index in [0.717, 1.165) is 38.1 Å². The molecule has 3 heterocycles. The maximum absolute atomic E-state index is 13.1. The van der Waals surface area contributed by atoms with Crippen LogP contribution in [0.2, 0.25) is 0 Å². The van der Waals surface area contributed by atoms with Crippen LogP contribution in [0.25, 0.3) is 16.7 Å². The number of aryl methyl sites for hydroxylation is 2. The lowest BCUT2D eigenvalue weighted by molar-refractivity contribution is -0.121. The lowest BCUT2D eigenvalue weighted by Crippen LogP contribution is -2.52. The van der Waals surface area contributed by atoms with Crippen molar-refractivity contribution in [3.63, 3.8) is 0 Å². The number of nitrogens with one attached hydrogen (secondary N) is 1. The molecule has 0 bridgehead atoms. The Bertz CT molecular complexity index is 1540. The molecule has 9 heteroatoms. The predicted molar refractivity (Wildman–Crippen MR) is 160 cm³/mol. The summed E-state index contributed by atoms with van der Waals surface area (Å²) in [5.74, 6) is 1.52. The van der Waals surface area contributed by atoms with E-state index in [1.54, 1.807) is 4.57 Å². The molecule has 0 radical (unpaired) electrons. The number of carbonyl (C=O) groups excluding carboxylic acids is 1. The predicted octanol–water partition coefficient (Wildman–Crippen LogP) is 3.66. The van der Waals surface area contributed by atoms with Gasteiger partial charge in [0.1, 0.15) is 5.82 Å². The van der Waals surface area contributed by atoms with Gasteiger partial charge in [0.25, 0.3) is 5.56 Å². The number of carbonyl (C=O) groups is 1. The van der Waals surface area contributed by atoms with E-state index in [1.165, 1.54) is 11.3 Å². The fourth-order valence-corrected chi connectivity index (χ4v) is 5.78. The van der Waals surface area contributed by atoms with Crippen LogP contribution in [0.3, 0.4) is 0 Å². The monoisotopic (exact) mass is 543 g/mol. The van der Waals surface area contributed by atoms with Crippen LogP contribution in [-0.4, -0.2) is 68.7 Å². The third-order valence-electron chi connectivity index (χ3n) is 7.72. The molecular weight excluding hydrogens is 502 g/mol. The summed E-state index contributed by atoms with van der Waals surface area (Å²) in [7, 11) is 0. The van der Waals surface area contributed by atoms with Crippen molar-refractivity contribution < 1.29 is 4.79 Å². The van der Waals surface area contributed by atoms with Crippen LogP contribution in [0.5, 0.6) is 0 Å². The van der Waals surface area contributed by atoms with Crippen LogP contribution < -0.4 is 15.8 Å². The highest BCUT2D eigenvalue weighted by atomic mass is 16.1. The van der Waals surface area contributed by atoms with Gasteiger partial charge in [-0.2, -0.15) is 0 Å². The van der Waals surface area contributed by atoms with Crippen LogP contribution in [0.1, 0.15) is 45.0 Å². The number of hydrogen-bond donors (Lipinski definition) is 1. The number of para-hydroxylation sites is 1. The normalized spacial score (nSPS) is 16.3. The summed E-state index contributed by atoms with van der Waals surface area (Å²) in [6, 6.07) is 16.7. The lowest BCUT2D eigenvalue weighted by Gasteiger charge is -2.41. The molecule has 1 N–H and O–H groups in total. The van der Waals surface area contributed by atoms with Gasteiger partial charge in [0.05, 0.1) is 10.9 Å². The van der Waals surface area contributed by atoms with E-state index in [2.05, 4.69) is 77.3 Å². The van der Waals surface area contributed by atoms with E-state index >= 15 is 0 Å². The van der Waals surface area contributed by atoms with Crippen molar-refractivity contribution in [3.05, 3.63) is 70.3 Å². The largest absolute Gasteiger partial charge is 0.366 e. The van der Waals surface area contributed by atoms with Gasteiger partial charge >= 0.3 is 0 Å². The van der Waals surface area contributed by atoms with Gasteiger partial charge in [0.15, 0.2) is 0 Å². The van der Waals surface area contributed by atoms with E-state index in [0.29, 0.717) is 49.0 Å². The first kappa shape index (κ1) is 27.8. The molecule has 1 aliphatic rings. The maximum Gasteiger partial charge on any atom is 0.262 e. The maximum atomic E-state index is 13.1. The number of anilines is 1. The highest BCUT2D eigenvalue weighted by molar-refractivity contribution is 5.80. The molecule has 1 atom stereocenters. The molecular formula is C31H41N7O2. The second-order valence-electron chi connectivity index (χ2n) is 11.5. The molecule has 1 saturated heterocycles. The van der Waals surface area contributed by atoms with Crippen LogP contribution in [0.15, 0.2) is 53.3 Å². The summed E-state index contributed by atoms with van der Waals surface area (Å²) in [6.45, 7) is 13.8. The summed E-state index contributed by atoms with van der Waals surface area (Å²) in [4.78, 5) is 30.8. The van der Waals surface area contributed by atoms with Crippen molar-refractivity contribution in [2.75, 3.05) is 37.6 Å². The van der Waals surface area contributed by atoms with Gasteiger partial charge in [-0.05, 0) is 62.6 Å². The molecule has 4 aromatic rings. The van der Waals surface area contributed by atoms with Crippen molar-refractivity contribution >= 4 is 28.3 Å². The zero-order valence-corrected chi connectivity index (χ0v) is 24.1. The molecule has 9 nitrogen and oxygen atoms in total. The van der Waals surface area contributed by atoms with Crippen molar-refractivity contribution in [2.45, 2.75) is 59.5 Å². The first-order valence-corrected chi connectivity index (χ1v) is 14.5. The summed E-state index contributed by atoms with van der Waals surface area (Å²) >= 11 is 0. The first-order chi connectivity index (χ1) is 19.3. The average molecular weight is 544 g/mol. The highest BCUT2D eigenvalue weighted by Gasteiger charge is 2.23. The smallest absolute Gasteiger partial charge is 0.262 e. The Balaban J connectivity index is 1.13. The molecule has 2 aromatic carbocycles. The molecule has 1 aliphatic heterocycles. The number of benzene rings is 2. The molecule has 1 fully saturated rings. The number of piperazine rings is 1. The van der Waals surface area contributed by atoms with Crippen molar-refractivity contribution in [1.29, 1.82) is 0 Å². The fourth-order valence-electron chi connectivity index (χ4n) is 5.78. The molecule has 212 valence electrons. The third kappa shape index (κ3) is 6.04. The Morgan fingerprint density at radius 3 is 2.70 bits per heavy atom. The van der Waals surface area contributed by atoms with Crippen LogP contribution in [-0.2, 0) is 17.8 Å². The zero-order chi connectivity index (χ0) is 28.2. The topological polar surface area (TPSA) is 87.8 Å². The molecule has 1 amide bonds. The summed E-state index contributed by atoms with van der Waals surface area (Å²) in [5, 5.41) is 12.5. The van der Waals surface area contributed by atoms with Gasteiger partial charge in [-0.15, -0.1) is 10.2 Å². The summed E-state index contributed by atoms with van der Waals surface area (Å²) in [6.07, 6.45) is 1.70. The molecule has 0 saturated carbocycles. The summed E-state index contributed by atoms with van der Waals surface area (Å²) < 4.78 is 3.63. The van der Waals surface area contributed by atoms with Gasteiger partial charge in [0.2, 0.25) is 11.7 Å². The number of amides is 1. The van der Waals surface area contributed by atoms with Gasteiger partial charge in [0, 0.05) is 57.3 Å². The number of nitrogens with zero attached hydrogens (tertiary/aromatic N) is 6. The Morgan fingerprint density at radius 2 is 1.93 bits per heavy atom. The Morgan fingerprint density at radius 1 is 1.10 bits per heavy atom. The number of rotatable bonds is 10. The van der Waals surface area contributed by atoms with Gasteiger partial charge < -0.3 is 10.2 Å². The van der Waals surface area contributed by atoms with Gasteiger partial charge in [-0.1, -0.05) is 38.1 Å². The SMILES string of the molecule is Cc1cccc(N2CCN(CCCNC(=O)CCc3nnc4n(CC(C)C)c(=O)c5ccccc5n34)C[C@@H]2C)c1. The van der Waals surface area contributed by atoms with Crippen molar-refractivity contribution in [1.82, 2.24) is 29.4 Å². The Kier molecular flexibility index (Phi) is 8.49. The molecule has 2 aromatic heterocycles. The molecule has 5 rings (SSSR count). The van der Waals surface area contributed by atoms with E-state index in [-0.39, 0.29) is 17.4 Å². The standard InChI is InChI=1S/C31H41N7O2/c1-22(2)20-37-30(40)26-11-5-6-12-27(26)38-28(33-34-31(37)38)13-14-29(39)32-15-8-16-35-17-18-36(24(4)21-35)25-10-7-9-23(3)19-25/h5-7,9-12,19,22,24H,8,13-18,20-21H2,1-4H3,(H,32,39)/t24-/m0/s1. The minimum atomic E-state index is -0.0561. The number of aromatic nitrogens is 4. The molecule has 40 heavy (non-hydrogen) atoms. The Hall–Kier alpha value is -3.72. The van der Waals surface area contributed by atoms with Crippen molar-refractivity contribution in [3.8, 4) is 0 Å². The van der Waals surface area contributed by atoms with Crippen molar-refractivity contribution in [2.24, 2.45) is 5.92 Å². The molecule has 0 aliphatic carbocycles. The number of fused-ring (bicyclic) bond motifs is 3. The average Bonchev–Trinajstić information content (AvgIpc) is 3.36. The van der Waals surface area contributed by atoms with E-state index in [9.17, 15) is 9.59 Å². The lowest BCUT2D eigenvalue weighted by atomic mass is 10.1. The molecule has 0 unspecified atom stereocenters. The third-order valence-corrected chi connectivity index (χ3v) is 7.72. The second-order valence-corrected chi connectivity index (χ2v) is 11.5. The van der Waals surface area contributed by atoms with E-state index in [4.69, 9.17) is 0 Å². The first-order valence-electron chi connectivity index (χ1n) is 14.5. The minimum absolute atomic E-state index is 0.00851. The van der Waals surface area contributed by atoms with Gasteiger partial charge in [-0.3, -0.25) is 23.5 Å². The van der Waals surface area contributed by atoms with Crippen LogP contribution in [0.4, 0.5) is 5.69 Å².